The molecule has 0 aromatic heterocycles. The van der Waals surface area contributed by atoms with Crippen LogP contribution in [0.5, 0.6) is 0 Å². The maximum atomic E-state index is 13.9. The van der Waals surface area contributed by atoms with Gasteiger partial charge in [-0.25, -0.2) is 4.39 Å². The first-order valence-electron chi connectivity index (χ1n) is 6.61. The minimum Gasteiger partial charge on any atom is -0.294 e. The number of rotatable bonds is 3. The van der Waals surface area contributed by atoms with E-state index >= 15 is 0 Å². The Bertz CT molecular complexity index is 436. The van der Waals surface area contributed by atoms with Gasteiger partial charge in [-0.15, -0.1) is 0 Å². The number of carbonyl (C=O) groups excluding carboxylic acids is 1. The molecule has 98 valence electrons. The third kappa shape index (κ3) is 2.82. The van der Waals surface area contributed by atoms with Crippen molar-refractivity contribution in [3.63, 3.8) is 0 Å². The molecule has 1 aromatic rings. The van der Waals surface area contributed by atoms with E-state index in [-0.39, 0.29) is 17.3 Å². The summed E-state index contributed by atoms with van der Waals surface area (Å²) in [5.41, 5.74) is 0.240. The number of hydrogen-bond acceptors (Lipinski definition) is 1. The van der Waals surface area contributed by atoms with Crippen molar-refractivity contribution in [2.75, 3.05) is 0 Å². The van der Waals surface area contributed by atoms with Crippen molar-refractivity contribution in [1.29, 1.82) is 0 Å². The van der Waals surface area contributed by atoms with Gasteiger partial charge in [0.1, 0.15) is 5.82 Å². The molecule has 1 aliphatic carbocycles. The van der Waals surface area contributed by atoms with E-state index < -0.39 is 5.82 Å². The first kappa shape index (κ1) is 13.7. The van der Waals surface area contributed by atoms with E-state index in [2.05, 4.69) is 22.9 Å². The lowest BCUT2D eigenvalue weighted by atomic mass is 9.78. The number of ketones is 1. The predicted molar refractivity (Wildman–Crippen MR) is 74.2 cm³/mol. The molecule has 0 heterocycles. The fourth-order valence-electron chi connectivity index (χ4n) is 2.75. The highest BCUT2D eigenvalue weighted by Gasteiger charge is 2.28. The summed E-state index contributed by atoms with van der Waals surface area (Å²) in [4.78, 5) is 12.3. The zero-order valence-electron chi connectivity index (χ0n) is 10.6. The Hall–Kier alpha value is -0.700. The normalized spacial score (nSPS) is 23.9. The van der Waals surface area contributed by atoms with E-state index in [1.807, 2.05) is 0 Å². The summed E-state index contributed by atoms with van der Waals surface area (Å²) < 4.78 is 14.3. The largest absolute Gasteiger partial charge is 0.294 e. The Morgan fingerprint density at radius 2 is 2.00 bits per heavy atom. The second-order valence-electron chi connectivity index (χ2n) is 5.09. The van der Waals surface area contributed by atoms with Crippen LogP contribution in [0.1, 0.15) is 49.4 Å². The van der Waals surface area contributed by atoms with Crippen LogP contribution in [0.2, 0.25) is 0 Å². The average Bonchev–Trinajstić information content (AvgIpc) is 2.41. The summed E-state index contributed by atoms with van der Waals surface area (Å²) in [5, 5.41) is 0. The minimum absolute atomic E-state index is 0.0107. The maximum absolute atomic E-state index is 13.9. The predicted octanol–water partition coefficient (Wildman–Crippen LogP) is 4.99. The van der Waals surface area contributed by atoms with Gasteiger partial charge in [0.2, 0.25) is 0 Å². The smallest absolute Gasteiger partial charge is 0.168 e. The summed E-state index contributed by atoms with van der Waals surface area (Å²) in [7, 11) is 0. The molecular formula is C15H18BrFO. The molecule has 0 spiro atoms. The molecule has 0 aliphatic heterocycles. The molecule has 18 heavy (non-hydrogen) atoms. The number of carbonyl (C=O) groups is 1. The van der Waals surface area contributed by atoms with Crippen LogP contribution < -0.4 is 0 Å². The van der Waals surface area contributed by atoms with Gasteiger partial charge in [-0.3, -0.25) is 4.79 Å². The lowest BCUT2D eigenvalue weighted by molar-refractivity contribution is 0.0866. The van der Waals surface area contributed by atoms with E-state index in [0.717, 1.165) is 31.6 Å². The van der Waals surface area contributed by atoms with Crippen molar-refractivity contribution in [3.8, 4) is 0 Å². The van der Waals surface area contributed by atoms with Gasteiger partial charge >= 0.3 is 0 Å². The highest BCUT2D eigenvalue weighted by atomic mass is 79.9. The van der Waals surface area contributed by atoms with Crippen LogP contribution in [0.15, 0.2) is 22.7 Å². The summed E-state index contributed by atoms with van der Waals surface area (Å²) in [6.07, 6.45) is 5.20. The van der Waals surface area contributed by atoms with Crippen LogP contribution in [0.25, 0.3) is 0 Å². The Morgan fingerprint density at radius 1 is 1.33 bits per heavy atom. The summed E-state index contributed by atoms with van der Waals surface area (Å²) in [5.74, 6) is 0.321. The van der Waals surface area contributed by atoms with Gasteiger partial charge in [-0.2, -0.15) is 0 Å². The van der Waals surface area contributed by atoms with Crippen molar-refractivity contribution >= 4 is 21.7 Å². The van der Waals surface area contributed by atoms with Gasteiger partial charge in [0.05, 0.1) is 10.0 Å². The third-order valence-corrected chi connectivity index (χ3v) is 4.62. The van der Waals surface area contributed by atoms with E-state index in [0.29, 0.717) is 4.47 Å². The summed E-state index contributed by atoms with van der Waals surface area (Å²) >= 11 is 3.13. The highest BCUT2D eigenvalue weighted by molar-refractivity contribution is 9.10. The topological polar surface area (TPSA) is 17.1 Å². The van der Waals surface area contributed by atoms with E-state index in [4.69, 9.17) is 0 Å². The molecule has 0 bridgehead atoms. The van der Waals surface area contributed by atoms with Gasteiger partial charge < -0.3 is 0 Å². The number of halogens is 2. The molecule has 0 saturated heterocycles. The third-order valence-electron chi connectivity index (χ3n) is 4.01. The number of Topliss-reactive ketones (excluding diaryl/α,β-unsaturated/α-hetero) is 1. The second-order valence-corrected chi connectivity index (χ2v) is 5.95. The molecule has 1 aliphatic rings. The molecule has 0 amide bonds. The van der Waals surface area contributed by atoms with E-state index in [1.165, 1.54) is 6.42 Å². The quantitative estimate of drug-likeness (QED) is 0.719. The van der Waals surface area contributed by atoms with Crippen LogP contribution in [-0.2, 0) is 0 Å². The summed E-state index contributed by atoms with van der Waals surface area (Å²) in [6.45, 7) is 2.20. The Kier molecular flexibility index (Phi) is 4.55. The zero-order chi connectivity index (χ0) is 13.1. The molecule has 1 nitrogen and oxygen atoms in total. The molecule has 1 aromatic carbocycles. The van der Waals surface area contributed by atoms with Crippen LogP contribution in [0.3, 0.4) is 0 Å². The second kappa shape index (κ2) is 5.96. The van der Waals surface area contributed by atoms with Crippen molar-refractivity contribution in [2.24, 2.45) is 11.8 Å². The van der Waals surface area contributed by atoms with E-state index in [9.17, 15) is 9.18 Å². The van der Waals surface area contributed by atoms with Gasteiger partial charge in [0.15, 0.2) is 5.78 Å². The van der Waals surface area contributed by atoms with Crippen LogP contribution in [-0.4, -0.2) is 5.78 Å². The highest BCUT2D eigenvalue weighted by Crippen LogP contribution is 2.33. The van der Waals surface area contributed by atoms with Crippen LogP contribution >= 0.6 is 15.9 Å². The van der Waals surface area contributed by atoms with Crippen molar-refractivity contribution in [2.45, 2.75) is 39.0 Å². The van der Waals surface area contributed by atoms with Gasteiger partial charge in [-0.1, -0.05) is 19.4 Å². The van der Waals surface area contributed by atoms with Crippen molar-refractivity contribution in [1.82, 2.24) is 0 Å². The molecule has 3 heteroatoms. The van der Waals surface area contributed by atoms with Crippen LogP contribution in [0, 0.1) is 17.7 Å². The van der Waals surface area contributed by atoms with E-state index in [1.54, 1.807) is 18.2 Å². The number of hydrogen-bond donors (Lipinski definition) is 0. The SMILES string of the molecule is CCC1CCC(C(=O)c2cccc(Br)c2F)CC1. The van der Waals surface area contributed by atoms with Gasteiger partial charge in [0, 0.05) is 5.92 Å². The standard InChI is InChI=1S/C15H18BrFO/c1-2-10-6-8-11(9-7-10)15(18)12-4-3-5-13(16)14(12)17/h3-5,10-11H,2,6-9H2,1H3. The van der Waals surface area contributed by atoms with Gasteiger partial charge in [-0.05, 0) is 59.7 Å². The Morgan fingerprint density at radius 3 is 2.61 bits per heavy atom. The molecule has 0 radical (unpaired) electrons. The lowest BCUT2D eigenvalue weighted by Crippen LogP contribution is -2.22. The van der Waals surface area contributed by atoms with Crippen LogP contribution in [0.4, 0.5) is 4.39 Å². The monoisotopic (exact) mass is 312 g/mol. The minimum atomic E-state index is -0.417. The molecular weight excluding hydrogens is 295 g/mol. The fraction of sp³-hybridized carbons (Fsp3) is 0.533. The molecule has 0 unspecified atom stereocenters. The number of benzene rings is 1. The zero-order valence-corrected chi connectivity index (χ0v) is 12.2. The van der Waals surface area contributed by atoms with Crippen molar-refractivity contribution < 1.29 is 9.18 Å². The lowest BCUT2D eigenvalue weighted by Gasteiger charge is -2.26. The van der Waals surface area contributed by atoms with Gasteiger partial charge in [0.25, 0.3) is 0 Å². The molecule has 1 fully saturated rings. The molecule has 0 atom stereocenters. The first-order chi connectivity index (χ1) is 8.63. The molecule has 2 rings (SSSR count). The summed E-state index contributed by atoms with van der Waals surface area (Å²) in [6, 6.07) is 4.94. The Balaban J connectivity index is 2.10. The molecule has 0 N–H and O–H groups in total. The Labute approximate surface area is 116 Å². The fourth-order valence-corrected chi connectivity index (χ4v) is 3.11. The molecule has 1 saturated carbocycles. The maximum Gasteiger partial charge on any atom is 0.168 e. The first-order valence-corrected chi connectivity index (χ1v) is 7.41. The van der Waals surface area contributed by atoms with Crippen molar-refractivity contribution in [3.05, 3.63) is 34.1 Å². The average molecular weight is 313 g/mol.